The van der Waals surface area contributed by atoms with Gasteiger partial charge in [0.2, 0.25) is 11.7 Å². The summed E-state index contributed by atoms with van der Waals surface area (Å²) in [5.41, 5.74) is 2.86. The summed E-state index contributed by atoms with van der Waals surface area (Å²) >= 11 is 0. The zero-order valence-electron chi connectivity index (χ0n) is 10.7. The molecule has 1 amide bonds. The van der Waals surface area contributed by atoms with Crippen molar-refractivity contribution in [2.24, 2.45) is 0 Å². The van der Waals surface area contributed by atoms with E-state index < -0.39 is 5.41 Å². The fourth-order valence-corrected chi connectivity index (χ4v) is 2.36. The maximum Gasteiger partial charge on any atom is 0.234 e. The Morgan fingerprint density at radius 2 is 2.11 bits per heavy atom. The first-order chi connectivity index (χ1) is 9.04. The first-order valence-corrected chi connectivity index (χ1v) is 5.98. The quantitative estimate of drug-likeness (QED) is 0.848. The fourth-order valence-electron chi connectivity index (χ4n) is 2.36. The van der Waals surface area contributed by atoms with Gasteiger partial charge in [0, 0.05) is 11.3 Å². The Hall–Kier alpha value is -2.54. The highest BCUT2D eigenvalue weighted by molar-refractivity contribution is 6.06. The number of benzene rings is 1. The highest BCUT2D eigenvalue weighted by Crippen LogP contribution is 2.40. The summed E-state index contributed by atoms with van der Waals surface area (Å²) in [6, 6.07) is 9.47. The maximum absolute atomic E-state index is 11.9. The molecule has 0 aliphatic carbocycles. The van der Waals surface area contributed by atoms with Gasteiger partial charge in [0.1, 0.15) is 6.07 Å². The van der Waals surface area contributed by atoms with Crippen molar-refractivity contribution in [3.63, 3.8) is 0 Å². The third-order valence-electron chi connectivity index (χ3n) is 3.59. The van der Waals surface area contributed by atoms with Gasteiger partial charge in [0.15, 0.2) is 0 Å². The van der Waals surface area contributed by atoms with Gasteiger partial charge in [-0.2, -0.15) is 5.26 Å². The largest absolute Gasteiger partial charge is 0.453 e. The van der Waals surface area contributed by atoms with Crippen molar-refractivity contribution in [2.75, 3.05) is 5.32 Å². The van der Waals surface area contributed by atoms with Crippen LogP contribution >= 0.6 is 0 Å². The molecule has 4 heteroatoms. The van der Waals surface area contributed by atoms with Gasteiger partial charge in [-0.05, 0) is 43.2 Å². The van der Waals surface area contributed by atoms with E-state index in [-0.39, 0.29) is 11.7 Å². The van der Waals surface area contributed by atoms with Crippen LogP contribution in [-0.2, 0) is 10.2 Å². The van der Waals surface area contributed by atoms with Gasteiger partial charge in [-0.15, -0.1) is 0 Å². The minimum absolute atomic E-state index is 0.00708. The number of carbonyl (C=O) groups is 1. The molecular weight excluding hydrogens is 240 g/mol. The lowest BCUT2D eigenvalue weighted by molar-refractivity contribution is -0.119. The molecule has 3 rings (SSSR count). The molecule has 1 aromatic heterocycles. The number of anilines is 1. The van der Waals surface area contributed by atoms with Crippen molar-refractivity contribution in [3.05, 3.63) is 41.9 Å². The van der Waals surface area contributed by atoms with Crippen molar-refractivity contribution >= 4 is 11.6 Å². The molecule has 0 bridgehead atoms. The van der Waals surface area contributed by atoms with Crippen LogP contribution in [0.1, 0.15) is 25.2 Å². The third-order valence-corrected chi connectivity index (χ3v) is 3.59. The van der Waals surface area contributed by atoms with Crippen molar-refractivity contribution in [3.8, 4) is 17.2 Å². The number of hydrogen-bond donors (Lipinski definition) is 1. The number of amides is 1. The van der Waals surface area contributed by atoms with Gasteiger partial charge in [0.05, 0.1) is 11.7 Å². The van der Waals surface area contributed by atoms with Gasteiger partial charge in [-0.25, -0.2) is 0 Å². The number of furan rings is 1. The molecule has 2 heterocycles. The fraction of sp³-hybridized carbons (Fsp3) is 0.200. The third kappa shape index (κ3) is 1.55. The van der Waals surface area contributed by atoms with E-state index in [1.54, 1.807) is 6.07 Å². The molecule has 1 N–H and O–H groups in total. The predicted molar refractivity (Wildman–Crippen MR) is 70.5 cm³/mol. The normalized spacial score (nSPS) is 15.7. The van der Waals surface area contributed by atoms with Crippen LogP contribution in [0.2, 0.25) is 0 Å². The van der Waals surface area contributed by atoms with Crippen LogP contribution in [0.3, 0.4) is 0 Å². The molecule has 0 fully saturated rings. The number of nitriles is 1. The highest BCUT2D eigenvalue weighted by atomic mass is 16.3. The highest BCUT2D eigenvalue weighted by Gasteiger charge is 2.38. The molecule has 0 saturated heterocycles. The van der Waals surface area contributed by atoms with Crippen molar-refractivity contribution in [2.45, 2.75) is 19.3 Å². The van der Waals surface area contributed by atoms with E-state index in [4.69, 9.17) is 9.68 Å². The second-order valence-electron chi connectivity index (χ2n) is 5.11. The van der Waals surface area contributed by atoms with Crippen LogP contribution in [0, 0.1) is 11.3 Å². The molecule has 0 atom stereocenters. The number of carbonyl (C=O) groups excluding carboxylic acids is 1. The second-order valence-corrected chi connectivity index (χ2v) is 5.11. The second kappa shape index (κ2) is 3.72. The summed E-state index contributed by atoms with van der Waals surface area (Å²) in [6.07, 6.45) is 1.50. The van der Waals surface area contributed by atoms with Crippen molar-refractivity contribution < 1.29 is 9.21 Å². The number of hydrogen-bond acceptors (Lipinski definition) is 3. The minimum atomic E-state index is -0.554. The first-order valence-electron chi connectivity index (χ1n) is 5.98. The average Bonchev–Trinajstić information content (AvgIpc) is 2.94. The number of nitrogens with one attached hydrogen (secondary N) is 1. The molecule has 0 saturated carbocycles. The van der Waals surface area contributed by atoms with Crippen LogP contribution < -0.4 is 5.32 Å². The van der Waals surface area contributed by atoms with E-state index in [0.29, 0.717) is 0 Å². The maximum atomic E-state index is 11.9. The first kappa shape index (κ1) is 11.5. The summed E-state index contributed by atoms with van der Waals surface area (Å²) in [4.78, 5) is 11.9. The van der Waals surface area contributed by atoms with E-state index in [9.17, 15) is 4.79 Å². The van der Waals surface area contributed by atoms with Crippen molar-refractivity contribution in [1.82, 2.24) is 0 Å². The Bertz CT molecular complexity index is 720. The summed E-state index contributed by atoms with van der Waals surface area (Å²) in [5.74, 6) is 0.280. The molecular formula is C15H12N2O2. The van der Waals surface area contributed by atoms with Crippen LogP contribution in [-0.4, -0.2) is 5.91 Å². The Labute approximate surface area is 110 Å². The van der Waals surface area contributed by atoms with Crippen LogP contribution in [0.4, 0.5) is 5.69 Å². The molecule has 19 heavy (non-hydrogen) atoms. The lowest BCUT2D eigenvalue weighted by atomic mass is 9.85. The van der Waals surface area contributed by atoms with Gasteiger partial charge < -0.3 is 9.73 Å². The summed E-state index contributed by atoms with van der Waals surface area (Å²) < 4.78 is 5.12. The topological polar surface area (TPSA) is 66.0 Å². The molecule has 2 aromatic rings. The zero-order valence-corrected chi connectivity index (χ0v) is 10.7. The van der Waals surface area contributed by atoms with Crippen LogP contribution in [0.25, 0.3) is 11.1 Å². The molecule has 1 aliphatic rings. The van der Waals surface area contributed by atoms with E-state index >= 15 is 0 Å². The molecule has 0 unspecified atom stereocenters. The van der Waals surface area contributed by atoms with Crippen molar-refractivity contribution in [1.29, 1.82) is 5.26 Å². The van der Waals surface area contributed by atoms with Gasteiger partial charge >= 0.3 is 0 Å². The molecule has 4 nitrogen and oxygen atoms in total. The summed E-state index contributed by atoms with van der Waals surface area (Å²) in [6.45, 7) is 3.77. The van der Waals surface area contributed by atoms with E-state index in [0.717, 1.165) is 22.4 Å². The predicted octanol–water partition coefficient (Wildman–Crippen LogP) is 3.05. The minimum Gasteiger partial charge on any atom is -0.453 e. The van der Waals surface area contributed by atoms with Gasteiger partial charge in [-0.1, -0.05) is 6.07 Å². The Balaban J connectivity index is 2.17. The van der Waals surface area contributed by atoms with E-state index in [1.807, 2.05) is 38.1 Å². The summed E-state index contributed by atoms with van der Waals surface area (Å²) in [7, 11) is 0. The van der Waals surface area contributed by atoms with Gasteiger partial charge in [0.25, 0.3) is 0 Å². The number of fused-ring (bicyclic) bond motifs is 1. The molecule has 1 aromatic carbocycles. The Kier molecular flexibility index (Phi) is 2.26. The number of rotatable bonds is 1. The lowest BCUT2D eigenvalue weighted by Crippen LogP contribution is -2.26. The van der Waals surface area contributed by atoms with Gasteiger partial charge in [-0.3, -0.25) is 4.79 Å². The smallest absolute Gasteiger partial charge is 0.234 e. The SMILES string of the molecule is CC1(C)C(=O)Nc2ccc(-c3ccoc3C#N)cc21. The summed E-state index contributed by atoms with van der Waals surface area (Å²) in [5, 5.41) is 11.9. The van der Waals surface area contributed by atoms with E-state index in [2.05, 4.69) is 5.32 Å². The standard InChI is InChI=1S/C15H12N2O2/c1-15(2)11-7-9(3-4-12(11)17-14(15)18)10-5-6-19-13(10)8-16/h3-7H,1-2H3,(H,17,18). The van der Waals surface area contributed by atoms with Crippen LogP contribution in [0.15, 0.2) is 34.9 Å². The van der Waals surface area contributed by atoms with Crippen LogP contribution in [0.5, 0.6) is 0 Å². The molecule has 0 spiro atoms. The Morgan fingerprint density at radius 3 is 2.84 bits per heavy atom. The number of nitrogens with zero attached hydrogens (tertiary/aromatic N) is 1. The lowest BCUT2D eigenvalue weighted by Gasteiger charge is -2.15. The molecule has 0 radical (unpaired) electrons. The van der Waals surface area contributed by atoms with E-state index in [1.165, 1.54) is 6.26 Å². The average molecular weight is 252 g/mol. The Morgan fingerprint density at radius 1 is 1.32 bits per heavy atom. The molecule has 1 aliphatic heterocycles. The monoisotopic (exact) mass is 252 g/mol. The zero-order chi connectivity index (χ0) is 13.6. The molecule has 94 valence electrons.